The van der Waals surface area contributed by atoms with Crippen LogP contribution in [0.5, 0.6) is 0 Å². The summed E-state index contributed by atoms with van der Waals surface area (Å²) in [5.41, 5.74) is 2.32. The zero-order chi connectivity index (χ0) is 20.4. The number of halogens is 1. The highest BCUT2D eigenvalue weighted by Crippen LogP contribution is 2.51. The highest BCUT2D eigenvalue weighted by Gasteiger charge is 2.38. The molecule has 1 amide bonds. The van der Waals surface area contributed by atoms with Gasteiger partial charge in [-0.05, 0) is 55.8 Å². The number of thioether (sulfide) groups is 2. The van der Waals surface area contributed by atoms with E-state index < -0.39 is 0 Å². The molecule has 0 atom stereocenters. The standard InChI is InChI=1S/C22H22ClN3OS2/c1-3-25-17-14-16(23)10-11-18(17)28-21(25)19-20(27)26(4-2)22(29-19)24-13-12-15-8-6-5-7-9-15/h5-11,14H,3-4,12-13H2,1-2H3. The quantitative estimate of drug-likeness (QED) is 0.560. The third-order valence-electron chi connectivity index (χ3n) is 4.84. The lowest BCUT2D eigenvalue weighted by Crippen LogP contribution is -2.29. The maximum atomic E-state index is 13.1. The van der Waals surface area contributed by atoms with Crippen molar-refractivity contribution >= 4 is 51.9 Å². The van der Waals surface area contributed by atoms with Crippen LogP contribution in [0.25, 0.3) is 0 Å². The molecule has 2 aliphatic rings. The topological polar surface area (TPSA) is 35.9 Å². The predicted octanol–water partition coefficient (Wildman–Crippen LogP) is 5.64. The second kappa shape index (κ2) is 8.86. The summed E-state index contributed by atoms with van der Waals surface area (Å²) in [6.45, 7) is 6.14. The van der Waals surface area contributed by atoms with Gasteiger partial charge in [-0.25, -0.2) is 0 Å². The minimum Gasteiger partial charge on any atom is -0.334 e. The van der Waals surface area contributed by atoms with Crippen LogP contribution in [0.3, 0.4) is 0 Å². The second-order valence-corrected chi connectivity index (χ2v) is 9.09. The fourth-order valence-corrected chi connectivity index (χ4v) is 6.00. The van der Waals surface area contributed by atoms with Gasteiger partial charge < -0.3 is 4.90 Å². The van der Waals surface area contributed by atoms with Crippen LogP contribution < -0.4 is 4.90 Å². The molecule has 0 aliphatic carbocycles. The Morgan fingerprint density at radius 1 is 1.00 bits per heavy atom. The van der Waals surface area contributed by atoms with Crippen molar-refractivity contribution in [2.45, 2.75) is 25.2 Å². The van der Waals surface area contributed by atoms with E-state index in [2.05, 4.69) is 24.0 Å². The molecular formula is C22H22ClN3OS2. The van der Waals surface area contributed by atoms with Crippen LogP contribution in [0.2, 0.25) is 5.02 Å². The Hall–Kier alpha value is -1.89. The van der Waals surface area contributed by atoms with Gasteiger partial charge >= 0.3 is 0 Å². The summed E-state index contributed by atoms with van der Waals surface area (Å²) < 4.78 is 0. The molecule has 2 aromatic rings. The average molecular weight is 444 g/mol. The van der Waals surface area contributed by atoms with Gasteiger partial charge in [-0.2, -0.15) is 0 Å². The van der Waals surface area contributed by atoms with Crippen molar-refractivity contribution in [2.24, 2.45) is 4.99 Å². The molecule has 0 spiro atoms. The molecule has 150 valence electrons. The molecule has 0 radical (unpaired) electrons. The molecule has 2 heterocycles. The highest BCUT2D eigenvalue weighted by atomic mass is 35.5. The Labute approximate surface area is 185 Å². The first-order valence-corrected chi connectivity index (χ1v) is 11.7. The van der Waals surface area contributed by atoms with E-state index in [1.165, 1.54) is 17.3 Å². The molecule has 4 rings (SSSR count). The maximum Gasteiger partial charge on any atom is 0.269 e. The van der Waals surface area contributed by atoms with Crippen LogP contribution in [0.1, 0.15) is 19.4 Å². The van der Waals surface area contributed by atoms with Crippen molar-refractivity contribution in [2.75, 3.05) is 24.5 Å². The van der Waals surface area contributed by atoms with Gasteiger partial charge in [-0.1, -0.05) is 53.7 Å². The van der Waals surface area contributed by atoms with E-state index >= 15 is 0 Å². The number of rotatable bonds is 5. The predicted molar refractivity (Wildman–Crippen MR) is 125 cm³/mol. The van der Waals surface area contributed by atoms with Crippen molar-refractivity contribution < 1.29 is 4.79 Å². The highest BCUT2D eigenvalue weighted by molar-refractivity contribution is 8.19. The Balaban J connectivity index is 1.60. The number of anilines is 1. The van der Waals surface area contributed by atoms with E-state index in [4.69, 9.17) is 16.6 Å². The number of hydrogen-bond donors (Lipinski definition) is 0. The van der Waals surface area contributed by atoms with Gasteiger partial charge in [0.25, 0.3) is 5.91 Å². The third-order valence-corrected chi connectivity index (χ3v) is 7.50. The largest absolute Gasteiger partial charge is 0.334 e. The van der Waals surface area contributed by atoms with E-state index in [0.717, 1.165) is 38.7 Å². The minimum atomic E-state index is 0.0378. The summed E-state index contributed by atoms with van der Waals surface area (Å²) in [7, 11) is 0. The van der Waals surface area contributed by atoms with Crippen LogP contribution >= 0.6 is 35.1 Å². The lowest BCUT2D eigenvalue weighted by Gasteiger charge is -2.19. The molecule has 7 heteroatoms. The molecule has 29 heavy (non-hydrogen) atoms. The fraction of sp³-hybridized carbons (Fsp3) is 0.273. The monoisotopic (exact) mass is 443 g/mol. The van der Waals surface area contributed by atoms with Gasteiger partial charge in [-0.15, -0.1) is 0 Å². The number of nitrogens with zero attached hydrogens (tertiary/aromatic N) is 3. The van der Waals surface area contributed by atoms with E-state index in [9.17, 15) is 4.79 Å². The first-order chi connectivity index (χ1) is 14.1. The number of likely N-dealkylation sites (N-methyl/N-ethyl adjacent to an activating group) is 1. The molecule has 0 saturated carbocycles. The molecule has 2 aliphatic heterocycles. The minimum absolute atomic E-state index is 0.0378. The molecule has 0 aromatic heterocycles. The van der Waals surface area contributed by atoms with Crippen LogP contribution in [0.4, 0.5) is 5.69 Å². The molecule has 1 saturated heterocycles. The van der Waals surface area contributed by atoms with Crippen molar-refractivity contribution in [1.29, 1.82) is 0 Å². The Morgan fingerprint density at radius 3 is 2.48 bits per heavy atom. The fourth-order valence-electron chi connectivity index (χ4n) is 3.40. The first kappa shape index (κ1) is 20.4. The third kappa shape index (κ3) is 4.06. The average Bonchev–Trinajstić information content (AvgIpc) is 3.25. The SMILES string of the molecule is CCN1C(=O)C(=C2Sc3ccc(Cl)cc3N2CC)SC1=NCCc1ccccc1. The summed E-state index contributed by atoms with van der Waals surface area (Å²) in [6, 6.07) is 16.2. The Kier molecular flexibility index (Phi) is 6.23. The number of carbonyl (C=O) groups is 1. The van der Waals surface area contributed by atoms with E-state index in [1.807, 2.05) is 43.3 Å². The molecule has 2 aromatic carbocycles. The number of benzene rings is 2. The smallest absolute Gasteiger partial charge is 0.269 e. The molecular weight excluding hydrogens is 422 g/mol. The normalized spacial score (nSPS) is 20.1. The van der Waals surface area contributed by atoms with Crippen LogP contribution in [-0.4, -0.2) is 35.6 Å². The van der Waals surface area contributed by atoms with Gasteiger partial charge in [0.15, 0.2) is 5.17 Å². The second-order valence-electron chi connectivity index (χ2n) is 6.64. The summed E-state index contributed by atoms with van der Waals surface area (Å²) in [6.07, 6.45) is 0.863. The summed E-state index contributed by atoms with van der Waals surface area (Å²) >= 11 is 9.33. The van der Waals surface area contributed by atoms with Crippen molar-refractivity contribution in [3.05, 3.63) is 69.1 Å². The molecule has 0 bridgehead atoms. The van der Waals surface area contributed by atoms with Crippen LogP contribution in [0, 0.1) is 0 Å². The van der Waals surface area contributed by atoms with Gasteiger partial charge in [0, 0.05) is 29.6 Å². The Morgan fingerprint density at radius 2 is 1.76 bits per heavy atom. The van der Waals surface area contributed by atoms with Crippen molar-refractivity contribution in [3.63, 3.8) is 0 Å². The zero-order valence-corrected chi connectivity index (χ0v) is 18.8. The summed E-state index contributed by atoms with van der Waals surface area (Å²) in [5, 5.41) is 2.48. The van der Waals surface area contributed by atoms with E-state index in [0.29, 0.717) is 18.1 Å². The van der Waals surface area contributed by atoms with Crippen LogP contribution in [0.15, 0.2) is 68.4 Å². The van der Waals surface area contributed by atoms with Crippen LogP contribution in [-0.2, 0) is 11.2 Å². The zero-order valence-electron chi connectivity index (χ0n) is 16.4. The lowest BCUT2D eigenvalue weighted by molar-refractivity contribution is -0.122. The number of amides is 1. The van der Waals surface area contributed by atoms with Crippen molar-refractivity contribution in [1.82, 2.24) is 4.90 Å². The number of aliphatic imine (C=N–C) groups is 1. The molecule has 0 N–H and O–H groups in total. The van der Waals surface area contributed by atoms with E-state index in [1.54, 1.807) is 16.7 Å². The molecule has 1 fully saturated rings. The number of hydrogen-bond acceptors (Lipinski definition) is 5. The maximum absolute atomic E-state index is 13.1. The summed E-state index contributed by atoms with van der Waals surface area (Å²) in [4.78, 5) is 23.7. The van der Waals surface area contributed by atoms with Gasteiger partial charge in [-0.3, -0.25) is 14.7 Å². The number of carbonyl (C=O) groups excluding carboxylic acids is 1. The lowest BCUT2D eigenvalue weighted by atomic mass is 10.2. The van der Waals surface area contributed by atoms with E-state index in [-0.39, 0.29) is 5.91 Å². The van der Waals surface area contributed by atoms with Gasteiger partial charge in [0.2, 0.25) is 0 Å². The molecule has 0 unspecified atom stereocenters. The molecule has 4 nitrogen and oxygen atoms in total. The Bertz CT molecular complexity index is 991. The van der Waals surface area contributed by atoms with Crippen molar-refractivity contribution in [3.8, 4) is 0 Å². The number of fused-ring (bicyclic) bond motifs is 1. The number of amidine groups is 1. The van der Waals surface area contributed by atoms with Gasteiger partial charge in [0.05, 0.1) is 5.69 Å². The summed E-state index contributed by atoms with van der Waals surface area (Å²) in [5.74, 6) is 0.0378. The first-order valence-electron chi connectivity index (χ1n) is 9.69. The van der Waals surface area contributed by atoms with Gasteiger partial charge in [0.1, 0.15) is 9.93 Å².